The Hall–Kier alpha value is -1.88. The van der Waals surface area contributed by atoms with Gasteiger partial charge in [-0.3, -0.25) is 0 Å². The fourth-order valence-electron chi connectivity index (χ4n) is 2.23. The van der Waals surface area contributed by atoms with Crippen LogP contribution in [0.25, 0.3) is 0 Å². The van der Waals surface area contributed by atoms with E-state index in [1.54, 1.807) is 12.1 Å². The molecular formula is C14H16O5. The van der Waals surface area contributed by atoms with Crippen LogP contribution in [0.4, 0.5) is 0 Å². The first-order valence-corrected chi connectivity index (χ1v) is 6.29. The molecule has 0 heterocycles. The second-order valence-corrected chi connectivity index (χ2v) is 4.69. The molecule has 1 fully saturated rings. The number of rotatable bonds is 3. The molecule has 1 aliphatic rings. The number of carbonyl (C=O) groups is 2. The van der Waals surface area contributed by atoms with E-state index in [-0.39, 0.29) is 23.3 Å². The van der Waals surface area contributed by atoms with Gasteiger partial charge >= 0.3 is 11.9 Å². The maximum atomic E-state index is 12.0. The van der Waals surface area contributed by atoms with Crippen molar-refractivity contribution in [3.63, 3.8) is 0 Å². The van der Waals surface area contributed by atoms with Gasteiger partial charge in [-0.25, -0.2) is 9.59 Å². The van der Waals surface area contributed by atoms with Crippen LogP contribution in [0, 0.1) is 0 Å². The molecule has 0 bridgehead atoms. The van der Waals surface area contributed by atoms with Gasteiger partial charge in [-0.15, -0.1) is 0 Å². The van der Waals surface area contributed by atoms with Crippen LogP contribution < -0.4 is 0 Å². The Morgan fingerprint density at radius 2 is 1.63 bits per heavy atom. The molecule has 1 aromatic carbocycles. The first kappa shape index (κ1) is 13.5. The molecule has 0 unspecified atom stereocenters. The normalized spacial score (nSPS) is 22.8. The third-order valence-corrected chi connectivity index (χ3v) is 3.29. The molecule has 0 saturated heterocycles. The van der Waals surface area contributed by atoms with Crippen molar-refractivity contribution in [2.24, 2.45) is 0 Å². The van der Waals surface area contributed by atoms with Gasteiger partial charge in [-0.2, -0.15) is 0 Å². The molecule has 0 atom stereocenters. The van der Waals surface area contributed by atoms with Gasteiger partial charge in [0.25, 0.3) is 0 Å². The Bertz CT molecular complexity index is 474. The third kappa shape index (κ3) is 3.32. The summed E-state index contributed by atoms with van der Waals surface area (Å²) in [5.41, 5.74) is 0.0180. The Kier molecular flexibility index (Phi) is 4.16. The fourth-order valence-corrected chi connectivity index (χ4v) is 2.23. The number of carboxylic acid groups (broad SMARTS) is 1. The summed E-state index contributed by atoms with van der Waals surface area (Å²) in [5.74, 6) is -1.76. The lowest BCUT2D eigenvalue weighted by molar-refractivity contribution is 0.00435. The Balaban J connectivity index is 2.06. The van der Waals surface area contributed by atoms with Gasteiger partial charge in [-0.05, 0) is 37.8 Å². The smallest absolute Gasteiger partial charge is 0.339 e. The highest BCUT2D eigenvalue weighted by molar-refractivity contribution is 6.02. The van der Waals surface area contributed by atoms with E-state index in [1.165, 1.54) is 12.1 Å². The summed E-state index contributed by atoms with van der Waals surface area (Å²) in [4.78, 5) is 23.0. The summed E-state index contributed by atoms with van der Waals surface area (Å²) >= 11 is 0. The monoisotopic (exact) mass is 264 g/mol. The van der Waals surface area contributed by atoms with E-state index in [1.807, 2.05) is 0 Å². The molecule has 1 aliphatic carbocycles. The molecule has 0 spiro atoms. The topological polar surface area (TPSA) is 83.8 Å². The molecular weight excluding hydrogens is 248 g/mol. The lowest BCUT2D eigenvalue weighted by Gasteiger charge is -2.25. The zero-order valence-corrected chi connectivity index (χ0v) is 10.4. The summed E-state index contributed by atoms with van der Waals surface area (Å²) in [6.45, 7) is 0. The number of hydrogen-bond donors (Lipinski definition) is 2. The van der Waals surface area contributed by atoms with Crippen LogP contribution in [0.3, 0.4) is 0 Å². The number of aliphatic hydroxyl groups excluding tert-OH is 1. The van der Waals surface area contributed by atoms with E-state index in [4.69, 9.17) is 9.84 Å². The van der Waals surface area contributed by atoms with Crippen LogP contribution in [-0.4, -0.2) is 34.4 Å². The number of aliphatic hydroxyl groups is 1. The van der Waals surface area contributed by atoms with E-state index in [2.05, 4.69) is 0 Å². The summed E-state index contributed by atoms with van der Waals surface area (Å²) in [5, 5.41) is 18.4. The third-order valence-electron chi connectivity index (χ3n) is 3.29. The molecule has 2 rings (SSSR count). The van der Waals surface area contributed by atoms with Gasteiger partial charge in [0.1, 0.15) is 6.10 Å². The van der Waals surface area contributed by atoms with Gasteiger partial charge in [0.15, 0.2) is 0 Å². The molecule has 1 saturated carbocycles. The van der Waals surface area contributed by atoms with Gasteiger partial charge in [0.2, 0.25) is 0 Å². The number of esters is 1. The van der Waals surface area contributed by atoms with Gasteiger partial charge < -0.3 is 14.9 Å². The predicted molar refractivity (Wildman–Crippen MR) is 67.1 cm³/mol. The molecule has 2 N–H and O–H groups in total. The maximum absolute atomic E-state index is 12.0. The summed E-state index contributed by atoms with van der Waals surface area (Å²) in [6.07, 6.45) is 1.89. The van der Waals surface area contributed by atoms with Crippen LogP contribution in [0.2, 0.25) is 0 Å². The lowest BCUT2D eigenvalue weighted by Crippen LogP contribution is -2.27. The molecule has 0 aromatic heterocycles. The maximum Gasteiger partial charge on any atom is 0.339 e. The molecule has 102 valence electrons. The van der Waals surface area contributed by atoms with Crippen LogP contribution in [0.1, 0.15) is 46.4 Å². The van der Waals surface area contributed by atoms with Crippen molar-refractivity contribution >= 4 is 11.9 Å². The van der Waals surface area contributed by atoms with Gasteiger partial charge in [0, 0.05) is 0 Å². The second kappa shape index (κ2) is 5.84. The molecule has 0 aliphatic heterocycles. The highest BCUT2D eigenvalue weighted by Gasteiger charge is 2.24. The van der Waals surface area contributed by atoms with Crippen molar-refractivity contribution in [2.45, 2.75) is 37.9 Å². The predicted octanol–water partition coefficient (Wildman–Crippen LogP) is 1.85. The molecule has 0 amide bonds. The number of ether oxygens (including phenoxy) is 1. The largest absolute Gasteiger partial charge is 0.478 e. The van der Waals surface area contributed by atoms with Crippen molar-refractivity contribution < 1.29 is 24.5 Å². The Morgan fingerprint density at radius 3 is 2.21 bits per heavy atom. The number of hydrogen-bond acceptors (Lipinski definition) is 4. The minimum absolute atomic E-state index is 0.0525. The van der Waals surface area contributed by atoms with E-state index < -0.39 is 11.9 Å². The molecule has 1 aromatic rings. The van der Waals surface area contributed by atoms with E-state index in [0.29, 0.717) is 25.7 Å². The first-order chi connectivity index (χ1) is 9.08. The quantitative estimate of drug-likeness (QED) is 0.814. The number of carbonyl (C=O) groups excluding carboxylic acids is 1. The Labute approximate surface area is 110 Å². The van der Waals surface area contributed by atoms with Crippen molar-refractivity contribution in [3.8, 4) is 0 Å². The van der Waals surface area contributed by atoms with Crippen molar-refractivity contribution in [3.05, 3.63) is 35.4 Å². The molecule has 5 heteroatoms. The highest BCUT2D eigenvalue weighted by atomic mass is 16.5. The minimum atomic E-state index is -1.15. The standard InChI is InChI=1S/C14H16O5/c15-9-5-7-10(8-6-9)19-14(18)12-4-2-1-3-11(12)13(16)17/h1-4,9-10,15H,5-8H2,(H,16,17). The fraction of sp³-hybridized carbons (Fsp3) is 0.429. The summed E-state index contributed by atoms with van der Waals surface area (Å²) in [7, 11) is 0. The van der Waals surface area contributed by atoms with Crippen molar-refractivity contribution in [1.29, 1.82) is 0 Å². The second-order valence-electron chi connectivity index (χ2n) is 4.69. The number of aromatic carboxylic acids is 1. The SMILES string of the molecule is O=C(O)c1ccccc1C(=O)OC1CCC(O)CC1. The summed E-state index contributed by atoms with van der Waals surface area (Å²) < 4.78 is 5.30. The lowest BCUT2D eigenvalue weighted by atomic mass is 9.95. The average Bonchev–Trinajstić information content (AvgIpc) is 2.41. The first-order valence-electron chi connectivity index (χ1n) is 6.29. The van der Waals surface area contributed by atoms with Crippen LogP contribution in [0.5, 0.6) is 0 Å². The highest BCUT2D eigenvalue weighted by Crippen LogP contribution is 2.22. The molecule has 19 heavy (non-hydrogen) atoms. The van der Waals surface area contributed by atoms with E-state index in [0.717, 1.165) is 0 Å². The van der Waals surface area contributed by atoms with E-state index >= 15 is 0 Å². The van der Waals surface area contributed by atoms with Crippen LogP contribution in [0.15, 0.2) is 24.3 Å². The molecule has 5 nitrogen and oxygen atoms in total. The molecule has 0 radical (unpaired) electrons. The summed E-state index contributed by atoms with van der Waals surface area (Å²) in [6, 6.07) is 6.00. The number of carboxylic acids is 1. The van der Waals surface area contributed by atoms with Crippen molar-refractivity contribution in [2.75, 3.05) is 0 Å². The average molecular weight is 264 g/mol. The van der Waals surface area contributed by atoms with E-state index in [9.17, 15) is 14.7 Å². The van der Waals surface area contributed by atoms with Gasteiger partial charge in [0.05, 0.1) is 17.2 Å². The Morgan fingerprint density at radius 1 is 1.05 bits per heavy atom. The van der Waals surface area contributed by atoms with Gasteiger partial charge in [-0.1, -0.05) is 12.1 Å². The van der Waals surface area contributed by atoms with Crippen LogP contribution >= 0.6 is 0 Å². The van der Waals surface area contributed by atoms with Crippen molar-refractivity contribution in [1.82, 2.24) is 0 Å². The van der Waals surface area contributed by atoms with Crippen LogP contribution in [-0.2, 0) is 4.74 Å². The number of benzene rings is 1. The zero-order chi connectivity index (χ0) is 13.8. The zero-order valence-electron chi connectivity index (χ0n) is 10.4. The minimum Gasteiger partial charge on any atom is -0.478 e.